The number of halogens is 1. The molecule has 1 saturated carbocycles. The summed E-state index contributed by atoms with van der Waals surface area (Å²) in [7, 11) is 1.60. The number of nitro benzene ring substituents is 1. The summed E-state index contributed by atoms with van der Waals surface area (Å²) in [6, 6.07) is 4.15. The molecule has 1 amide bonds. The highest BCUT2D eigenvalue weighted by atomic mass is 79.9. The Morgan fingerprint density at radius 3 is 2.62 bits per heavy atom. The average Bonchev–Trinajstić information content (AvgIpc) is 2.83. The van der Waals surface area contributed by atoms with Crippen molar-refractivity contribution in [3.05, 3.63) is 38.3 Å². The van der Waals surface area contributed by atoms with Crippen LogP contribution in [-0.4, -0.2) is 40.0 Å². The lowest BCUT2D eigenvalue weighted by Crippen LogP contribution is -2.42. The Hall–Kier alpha value is -1.47. The van der Waals surface area contributed by atoms with E-state index < -0.39 is 10.5 Å². The minimum Gasteiger partial charge on any atom is -0.388 e. The Morgan fingerprint density at radius 1 is 1.43 bits per heavy atom. The minimum absolute atomic E-state index is 0.138. The van der Waals surface area contributed by atoms with E-state index in [0.29, 0.717) is 17.3 Å². The number of amides is 1. The summed E-state index contributed by atoms with van der Waals surface area (Å²) in [5.41, 5.74) is -0.733. The van der Waals surface area contributed by atoms with Gasteiger partial charge in [-0.3, -0.25) is 14.9 Å². The van der Waals surface area contributed by atoms with Crippen LogP contribution in [0.3, 0.4) is 0 Å². The van der Waals surface area contributed by atoms with E-state index in [2.05, 4.69) is 15.9 Å². The highest BCUT2D eigenvalue weighted by Crippen LogP contribution is 2.30. The summed E-state index contributed by atoms with van der Waals surface area (Å²) in [6.45, 7) is 0.242. The maximum Gasteiger partial charge on any atom is 0.271 e. The van der Waals surface area contributed by atoms with E-state index in [1.807, 2.05) is 0 Å². The first-order valence-electron chi connectivity index (χ1n) is 6.74. The van der Waals surface area contributed by atoms with Gasteiger partial charge in [0, 0.05) is 35.8 Å². The van der Waals surface area contributed by atoms with Crippen LogP contribution in [0.1, 0.15) is 36.0 Å². The van der Waals surface area contributed by atoms with Crippen LogP contribution in [0.2, 0.25) is 0 Å². The number of carbonyl (C=O) groups is 1. The van der Waals surface area contributed by atoms with Gasteiger partial charge in [0.2, 0.25) is 0 Å². The molecule has 0 aliphatic heterocycles. The molecule has 0 radical (unpaired) electrons. The van der Waals surface area contributed by atoms with Crippen LogP contribution in [0, 0.1) is 10.1 Å². The van der Waals surface area contributed by atoms with Gasteiger partial charge >= 0.3 is 0 Å². The number of hydrogen-bond donors (Lipinski definition) is 1. The number of benzene rings is 1. The minimum atomic E-state index is -0.831. The van der Waals surface area contributed by atoms with E-state index in [1.165, 1.54) is 17.0 Å². The molecule has 6 nitrogen and oxygen atoms in total. The molecule has 1 aliphatic carbocycles. The van der Waals surface area contributed by atoms with Crippen molar-refractivity contribution in [2.75, 3.05) is 13.6 Å². The Kier molecular flexibility index (Phi) is 4.63. The number of likely N-dealkylation sites (N-methyl/N-ethyl adjacent to an activating group) is 1. The number of rotatable bonds is 4. The topological polar surface area (TPSA) is 83.7 Å². The van der Waals surface area contributed by atoms with Crippen molar-refractivity contribution >= 4 is 27.5 Å². The standard InChI is InChI=1S/C14H17BrN2O4/c1-16(9-14(19)4-2-3-5-14)13(18)10-6-11(15)8-12(7-10)17(20)21/h6-8,19H,2-5,9H2,1H3. The number of non-ortho nitro benzene ring substituents is 1. The zero-order valence-electron chi connectivity index (χ0n) is 11.7. The maximum atomic E-state index is 12.4. The van der Waals surface area contributed by atoms with Crippen molar-refractivity contribution in [1.29, 1.82) is 0 Å². The van der Waals surface area contributed by atoms with Crippen molar-refractivity contribution in [2.45, 2.75) is 31.3 Å². The lowest BCUT2D eigenvalue weighted by Gasteiger charge is -2.28. The molecular formula is C14H17BrN2O4. The first-order valence-corrected chi connectivity index (χ1v) is 7.53. The first-order chi connectivity index (χ1) is 9.81. The van der Waals surface area contributed by atoms with Gasteiger partial charge in [-0.15, -0.1) is 0 Å². The van der Waals surface area contributed by atoms with Crippen molar-refractivity contribution in [3.8, 4) is 0 Å². The van der Waals surface area contributed by atoms with E-state index in [4.69, 9.17) is 0 Å². The first kappa shape index (κ1) is 15.9. The van der Waals surface area contributed by atoms with E-state index in [1.54, 1.807) is 13.1 Å². The van der Waals surface area contributed by atoms with E-state index in [0.717, 1.165) is 12.8 Å². The quantitative estimate of drug-likeness (QED) is 0.663. The third-order valence-electron chi connectivity index (χ3n) is 3.75. The molecule has 0 saturated heterocycles. The molecule has 7 heteroatoms. The van der Waals surface area contributed by atoms with Crippen LogP contribution in [0.15, 0.2) is 22.7 Å². The molecule has 21 heavy (non-hydrogen) atoms. The normalized spacial score (nSPS) is 16.7. The predicted molar refractivity (Wildman–Crippen MR) is 81.2 cm³/mol. The number of nitro groups is 1. The summed E-state index contributed by atoms with van der Waals surface area (Å²) in [4.78, 5) is 24.1. The molecule has 0 unspecified atom stereocenters. The van der Waals surface area contributed by atoms with Gasteiger partial charge in [0.15, 0.2) is 0 Å². The zero-order chi connectivity index (χ0) is 15.6. The van der Waals surface area contributed by atoms with Crippen LogP contribution in [0.5, 0.6) is 0 Å². The van der Waals surface area contributed by atoms with Crippen molar-refractivity contribution in [1.82, 2.24) is 4.90 Å². The number of aliphatic hydroxyl groups is 1. The fraction of sp³-hybridized carbons (Fsp3) is 0.500. The molecule has 1 N–H and O–H groups in total. The highest BCUT2D eigenvalue weighted by molar-refractivity contribution is 9.10. The van der Waals surface area contributed by atoms with Gasteiger partial charge in [0.25, 0.3) is 11.6 Å². The molecule has 2 rings (SSSR count). The Bertz CT molecular complexity index is 570. The second-order valence-electron chi connectivity index (χ2n) is 5.55. The fourth-order valence-electron chi connectivity index (χ4n) is 2.73. The molecular weight excluding hydrogens is 340 g/mol. The monoisotopic (exact) mass is 356 g/mol. The molecule has 0 atom stereocenters. The van der Waals surface area contributed by atoms with E-state index in [9.17, 15) is 20.0 Å². The van der Waals surface area contributed by atoms with Gasteiger partial charge in [0.1, 0.15) is 0 Å². The average molecular weight is 357 g/mol. The Morgan fingerprint density at radius 2 is 2.05 bits per heavy atom. The molecule has 1 aromatic carbocycles. The molecule has 114 valence electrons. The van der Waals surface area contributed by atoms with Gasteiger partial charge in [-0.25, -0.2) is 0 Å². The van der Waals surface area contributed by atoms with Crippen LogP contribution in [0.4, 0.5) is 5.69 Å². The number of nitrogens with zero attached hydrogens (tertiary/aromatic N) is 2. The number of carbonyl (C=O) groups excluding carboxylic acids is 1. The maximum absolute atomic E-state index is 12.4. The molecule has 0 heterocycles. The SMILES string of the molecule is CN(CC1(O)CCCC1)C(=O)c1cc(Br)cc([N+](=O)[O-])c1. The summed E-state index contributed by atoms with van der Waals surface area (Å²) >= 11 is 3.17. The van der Waals surface area contributed by atoms with Crippen LogP contribution in [-0.2, 0) is 0 Å². The van der Waals surface area contributed by atoms with Crippen LogP contribution < -0.4 is 0 Å². The summed E-state index contributed by atoms with van der Waals surface area (Å²) in [5.74, 6) is -0.334. The molecule has 0 spiro atoms. The van der Waals surface area contributed by atoms with Crippen LogP contribution in [0.25, 0.3) is 0 Å². The van der Waals surface area contributed by atoms with Crippen molar-refractivity contribution in [3.63, 3.8) is 0 Å². The summed E-state index contributed by atoms with van der Waals surface area (Å²) in [5, 5.41) is 21.2. The summed E-state index contributed by atoms with van der Waals surface area (Å²) < 4.78 is 0.480. The van der Waals surface area contributed by atoms with Gasteiger partial charge in [-0.2, -0.15) is 0 Å². The highest BCUT2D eigenvalue weighted by Gasteiger charge is 2.33. The molecule has 1 aliphatic rings. The predicted octanol–water partition coefficient (Wildman–Crippen LogP) is 2.73. The lowest BCUT2D eigenvalue weighted by molar-refractivity contribution is -0.385. The molecule has 1 aromatic rings. The third kappa shape index (κ3) is 3.79. The second-order valence-corrected chi connectivity index (χ2v) is 6.46. The molecule has 1 fully saturated rings. The Balaban J connectivity index is 2.17. The summed E-state index contributed by atoms with van der Waals surface area (Å²) in [6.07, 6.45) is 3.29. The largest absolute Gasteiger partial charge is 0.388 e. The van der Waals surface area contributed by atoms with Crippen molar-refractivity contribution in [2.24, 2.45) is 0 Å². The fourth-order valence-corrected chi connectivity index (χ4v) is 3.21. The van der Waals surface area contributed by atoms with Gasteiger partial charge in [0.05, 0.1) is 10.5 Å². The molecule has 0 aromatic heterocycles. The van der Waals surface area contributed by atoms with Gasteiger partial charge < -0.3 is 10.0 Å². The lowest BCUT2D eigenvalue weighted by atomic mass is 10.0. The van der Waals surface area contributed by atoms with E-state index >= 15 is 0 Å². The second kappa shape index (κ2) is 6.11. The third-order valence-corrected chi connectivity index (χ3v) is 4.21. The molecule has 0 bridgehead atoms. The van der Waals surface area contributed by atoms with Crippen LogP contribution >= 0.6 is 15.9 Å². The Labute approximate surface area is 131 Å². The number of hydrogen-bond acceptors (Lipinski definition) is 4. The zero-order valence-corrected chi connectivity index (χ0v) is 13.3. The van der Waals surface area contributed by atoms with E-state index in [-0.39, 0.29) is 23.7 Å². The van der Waals surface area contributed by atoms with Gasteiger partial charge in [-0.05, 0) is 18.9 Å². The smallest absolute Gasteiger partial charge is 0.271 e. The van der Waals surface area contributed by atoms with Gasteiger partial charge in [-0.1, -0.05) is 28.8 Å². The van der Waals surface area contributed by atoms with Crippen molar-refractivity contribution < 1.29 is 14.8 Å².